The minimum Gasteiger partial charge on any atom is -0.394 e. The van der Waals surface area contributed by atoms with Crippen molar-refractivity contribution >= 4 is 17.7 Å². The van der Waals surface area contributed by atoms with E-state index in [1.165, 1.54) is 0 Å². The molecule has 8 fully saturated rings. The molecule has 0 spiro atoms. The summed E-state index contributed by atoms with van der Waals surface area (Å²) in [5.41, 5.74) is 0. The fourth-order valence-corrected chi connectivity index (χ4v) is 12.6. The minimum atomic E-state index is -2.45. The number of aliphatic hydroxyl groups is 23. The Morgan fingerprint density at radius 2 is 0.531 bits per heavy atom. The molecule has 8 aliphatic rings. The number of hydrogen-bond donors (Lipinski definition) is 26. The molecule has 8 rings (SSSR count). The summed E-state index contributed by atoms with van der Waals surface area (Å²) < 4.78 is 87.1. The Morgan fingerprint density at radius 3 is 0.878 bits per heavy atom. The fraction of sp³-hybridized carbons (Fsp3) is 0.944. The van der Waals surface area contributed by atoms with Gasteiger partial charge in [0.2, 0.25) is 17.7 Å². The standard InChI is InChI=1S/C54H91N3O41/c1-12(65)55-23-30(72)41(93-51-37(79)33(75)26(68)15(4-58)86-51)19(8-62)89-48(23)84-11-22-29(71)46(98-50-24(56-13(2)66)31(73)42(20(9-63)90-50)94-52-38(80)34(76)27(69)16(5-59)87-52)40(82)54(92-22)95-43-21(10-64)91-49(25(32(43)74)57-14(3)67)97-45-28(70)17(6-60)88-53(39(45)81)96-44-18(7-61)85-47(83)36(78)35(44)77/h15-54,58-64,68-83H,4-11H2,1-3H3,(H,55,65)(H,56,66)(H,57,67)/t15-,16-,17-,18-,19-,20-,21-,22-,23-,24-,25-,26+,27+,28+,29+,30-,31-,32-,33+,34+,35-,36-,37-,38-,39-,40-,41-,42-,43-,44-,45+,46+,47-,48-,49+,50+,51+,52+,53+,54+/m1/s1. The molecule has 0 aromatic rings. The van der Waals surface area contributed by atoms with Crippen molar-refractivity contribution in [3.63, 3.8) is 0 Å². The largest absolute Gasteiger partial charge is 0.394 e. The summed E-state index contributed by atoms with van der Waals surface area (Å²) in [7, 11) is 0. The first-order valence-corrected chi connectivity index (χ1v) is 31.1. The number of nitrogens with one attached hydrogen (secondary N) is 3. The molecule has 8 heterocycles. The molecule has 0 saturated carbocycles. The van der Waals surface area contributed by atoms with Crippen LogP contribution >= 0.6 is 0 Å². The van der Waals surface area contributed by atoms with E-state index in [1.54, 1.807) is 0 Å². The molecule has 0 bridgehead atoms. The molecule has 98 heavy (non-hydrogen) atoms. The maximum atomic E-state index is 13.0. The Bertz CT molecular complexity index is 2510. The van der Waals surface area contributed by atoms with Crippen LogP contribution in [0.5, 0.6) is 0 Å². The van der Waals surface area contributed by atoms with Crippen molar-refractivity contribution in [3.8, 4) is 0 Å². The van der Waals surface area contributed by atoms with Crippen molar-refractivity contribution in [3.05, 3.63) is 0 Å². The van der Waals surface area contributed by atoms with Crippen molar-refractivity contribution in [1.82, 2.24) is 16.0 Å². The van der Waals surface area contributed by atoms with Crippen LogP contribution in [0.1, 0.15) is 20.8 Å². The van der Waals surface area contributed by atoms with Crippen LogP contribution in [-0.4, -0.2) is 433 Å². The van der Waals surface area contributed by atoms with Gasteiger partial charge in [-0.05, 0) is 0 Å². The highest BCUT2D eigenvalue weighted by molar-refractivity contribution is 5.74. The van der Waals surface area contributed by atoms with Gasteiger partial charge in [-0.3, -0.25) is 14.4 Å². The molecule has 0 aromatic carbocycles. The quantitative estimate of drug-likeness (QED) is 0.0404. The summed E-state index contributed by atoms with van der Waals surface area (Å²) in [6.07, 6.45) is -73.9. The molecule has 0 radical (unpaired) electrons. The number of carbonyl (C=O) groups excluding carboxylic acids is 3. The molecule has 44 nitrogen and oxygen atoms in total. The van der Waals surface area contributed by atoms with Gasteiger partial charge >= 0.3 is 0 Å². The third kappa shape index (κ3) is 17.5. The Hall–Kier alpha value is -3.11. The van der Waals surface area contributed by atoms with E-state index < -0.39 is 316 Å². The van der Waals surface area contributed by atoms with Crippen LogP contribution in [0.3, 0.4) is 0 Å². The van der Waals surface area contributed by atoms with Crippen molar-refractivity contribution in [2.24, 2.45) is 0 Å². The Balaban J connectivity index is 1.09. The number of ether oxygens (including phenoxy) is 15. The van der Waals surface area contributed by atoms with Crippen molar-refractivity contribution < 1.29 is 203 Å². The summed E-state index contributed by atoms with van der Waals surface area (Å²) >= 11 is 0. The lowest BCUT2D eigenvalue weighted by molar-refractivity contribution is -0.389. The first-order chi connectivity index (χ1) is 46.4. The predicted octanol–water partition coefficient (Wildman–Crippen LogP) is -18.0. The zero-order valence-electron chi connectivity index (χ0n) is 52.4. The van der Waals surface area contributed by atoms with Gasteiger partial charge in [0.15, 0.2) is 50.3 Å². The van der Waals surface area contributed by atoms with Crippen LogP contribution in [0.2, 0.25) is 0 Å². The van der Waals surface area contributed by atoms with Crippen LogP contribution in [-0.2, 0) is 85.4 Å². The molecule has 3 amide bonds. The fourth-order valence-electron chi connectivity index (χ4n) is 12.6. The zero-order valence-corrected chi connectivity index (χ0v) is 52.4. The van der Waals surface area contributed by atoms with Crippen LogP contribution in [0.4, 0.5) is 0 Å². The Kier molecular flexibility index (Phi) is 28.9. The molecular weight excluding hydrogens is 1350 g/mol. The second kappa shape index (κ2) is 35.1. The number of rotatable bonds is 25. The van der Waals surface area contributed by atoms with Gasteiger partial charge in [-0.2, -0.15) is 0 Å². The second-order valence-corrected chi connectivity index (χ2v) is 24.6. The van der Waals surface area contributed by atoms with Crippen molar-refractivity contribution in [2.75, 3.05) is 52.9 Å². The van der Waals surface area contributed by atoms with E-state index in [0.717, 1.165) is 20.8 Å². The number of hydrogen-bond acceptors (Lipinski definition) is 41. The van der Waals surface area contributed by atoms with Gasteiger partial charge in [0.25, 0.3) is 0 Å². The number of amides is 3. The number of carbonyl (C=O) groups is 3. The van der Waals surface area contributed by atoms with Crippen LogP contribution in [0.25, 0.3) is 0 Å². The van der Waals surface area contributed by atoms with Gasteiger partial charge in [0, 0.05) is 20.8 Å². The Labute approximate surface area is 554 Å². The van der Waals surface area contributed by atoms with Gasteiger partial charge in [-0.25, -0.2) is 0 Å². The van der Waals surface area contributed by atoms with Gasteiger partial charge in [-0.15, -0.1) is 0 Å². The van der Waals surface area contributed by atoms with Crippen LogP contribution < -0.4 is 16.0 Å². The van der Waals surface area contributed by atoms with E-state index in [4.69, 9.17) is 71.1 Å². The maximum Gasteiger partial charge on any atom is 0.217 e. The molecule has 0 unspecified atom stereocenters. The predicted molar refractivity (Wildman–Crippen MR) is 299 cm³/mol. The first-order valence-electron chi connectivity index (χ1n) is 31.1. The van der Waals surface area contributed by atoms with E-state index in [1.807, 2.05) is 0 Å². The first kappa shape index (κ1) is 80.6. The highest BCUT2D eigenvalue weighted by atomic mass is 16.8. The maximum absolute atomic E-state index is 13.0. The lowest BCUT2D eigenvalue weighted by Crippen LogP contribution is -2.71. The lowest BCUT2D eigenvalue weighted by Gasteiger charge is -2.51. The monoisotopic (exact) mass is 1440 g/mol. The second-order valence-electron chi connectivity index (χ2n) is 24.6. The van der Waals surface area contributed by atoms with E-state index in [2.05, 4.69) is 16.0 Å². The average Bonchev–Trinajstić information content (AvgIpc) is 0.769. The Morgan fingerprint density at radius 1 is 0.265 bits per heavy atom. The minimum absolute atomic E-state index is 0.874. The van der Waals surface area contributed by atoms with Crippen LogP contribution in [0, 0.1) is 0 Å². The molecule has 0 aromatic heterocycles. The summed E-state index contributed by atoms with van der Waals surface area (Å²) in [6.45, 7) is -5.39. The molecule has 8 aliphatic heterocycles. The topological polar surface area (TPSA) is 691 Å². The summed E-state index contributed by atoms with van der Waals surface area (Å²) in [4.78, 5) is 38.6. The van der Waals surface area contributed by atoms with Crippen molar-refractivity contribution in [2.45, 2.75) is 266 Å². The molecular formula is C54H91N3O41. The van der Waals surface area contributed by atoms with Crippen molar-refractivity contribution in [1.29, 1.82) is 0 Å². The van der Waals surface area contributed by atoms with Gasteiger partial charge < -0.3 is 204 Å². The lowest BCUT2D eigenvalue weighted by atomic mass is 9.93. The third-order valence-electron chi connectivity index (χ3n) is 17.8. The molecule has 0 aliphatic carbocycles. The molecule has 40 atom stereocenters. The molecule has 44 heteroatoms. The number of aliphatic hydroxyl groups excluding tert-OH is 23. The highest BCUT2D eigenvalue weighted by Gasteiger charge is 2.60. The van der Waals surface area contributed by atoms with Gasteiger partial charge in [0.1, 0.15) is 195 Å². The normalized spacial score (nSPS) is 49.5. The molecule has 568 valence electrons. The highest BCUT2D eigenvalue weighted by Crippen LogP contribution is 2.39. The average molecular weight is 1440 g/mol. The van der Waals surface area contributed by atoms with Gasteiger partial charge in [0.05, 0.1) is 52.9 Å². The summed E-state index contributed by atoms with van der Waals surface area (Å²) in [6, 6.07) is -5.64. The van der Waals surface area contributed by atoms with Gasteiger partial charge in [-0.1, -0.05) is 0 Å². The summed E-state index contributed by atoms with van der Waals surface area (Å²) in [5.74, 6) is -2.76. The van der Waals surface area contributed by atoms with E-state index in [9.17, 15) is 132 Å². The molecule has 26 N–H and O–H groups in total. The third-order valence-corrected chi connectivity index (χ3v) is 17.8. The molecule has 8 saturated heterocycles. The van der Waals surface area contributed by atoms with Crippen LogP contribution in [0.15, 0.2) is 0 Å². The van der Waals surface area contributed by atoms with E-state index in [0.29, 0.717) is 0 Å². The van der Waals surface area contributed by atoms with E-state index in [-0.39, 0.29) is 0 Å². The zero-order chi connectivity index (χ0) is 72.2. The smallest absolute Gasteiger partial charge is 0.217 e. The SMILES string of the molecule is CC(=O)N[C@H]1[C@H](OC[C@H]2O[C@@H](O[C@H]3[C@H](O)[C@@H](NC(C)=O)[C@H](O[C@H]4[C@@H](O)[C@@H](CO)O[C@@H](O[C@H]5[C@H](O)[C@@H](O)[C@H](O)O[C@@H]5CO)[C@@H]4O)O[C@@H]3CO)[C@H](O)[C@@H](O[C@@H]3O[C@H](CO)[C@@H](O[C@@H]4O[C@H](CO)[C@H](O)[C@H](O)[C@H]4O)[C@H](O)[C@H]3NC(C)=O)[C@H]2O)O[C@H](CO)[C@@H](O[C@@H]2O[C@H](CO)[C@H](O)[C@H](O)[C@H]2O)[C@@H]1O. The van der Waals surface area contributed by atoms with E-state index >= 15 is 0 Å². The summed E-state index contributed by atoms with van der Waals surface area (Å²) in [5, 5.41) is 257.